The number of hydrogen-bond acceptors (Lipinski definition) is 5. The molecule has 0 atom stereocenters. The van der Waals surface area contributed by atoms with Crippen molar-refractivity contribution in [2.24, 2.45) is 0 Å². The van der Waals surface area contributed by atoms with Crippen molar-refractivity contribution in [3.63, 3.8) is 0 Å². The van der Waals surface area contributed by atoms with Gasteiger partial charge in [-0.15, -0.1) is 11.3 Å². The number of nitrogens with zero attached hydrogens (tertiary/aromatic N) is 3. The molecule has 1 amide bonds. The van der Waals surface area contributed by atoms with Gasteiger partial charge in [-0.05, 0) is 62.7 Å². The van der Waals surface area contributed by atoms with Gasteiger partial charge in [-0.1, -0.05) is 12.1 Å². The number of para-hydroxylation sites is 1. The van der Waals surface area contributed by atoms with Crippen molar-refractivity contribution in [3.8, 4) is 0 Å². The molecule has 0 spiro atoms. The first-order chi connectivity index (χ1) is 14.2. The summed E-state index contributed by atoms with van der Waals surface area (Å²) >= 11 is 1.75. The van der Waals surface area contributed by atoms with Gasteiger partial charge in [-0.3, -0.25) is 4.79 Å². The Hall–Kier alpha value is -2.44. The van der Waals surface area contributed by atoms with Gasteiger partial charge in [0.15, 0.2) is 0 Å². The molecule has 0 saturated carbocycles. The molecule has 5 nitrogen and oxygen atoms in total. The first kappa shape index (κ1) is 19.9. The van der Waals surface area contributed by atoms with Gasteiger partial charge in [0.25, 0.3) is 0 Å². The lowest BCUT2D eigenvalue weighted by Gasteiger charge is -2.34. The van der Waals surface area contributed by atoms with E-state index in [1.165, 1.54) is 10.4 Å². The van der Waals surface area contributed by atoms with E-state index in [0.29, 0.717) is 6.42 Å². The Kier molecular flexibility index (Phi) is 6.42. The van der Waals surface area contributed by atoms with Gasteiger partial charge in [-0.2, -0.15) is 0 Å². The number of aromatic nitrogens is 1. The molecule has 1 aromatic heterocycles. The van der Waals surface area contributed by atoms with Crippen LogP contribution in [0.25, 0.3) is 10.2 Å². The molecule has 6 heteroatoms. The number of rotatable bonds is 7. The third kappa shape index (κ3) is 5.34. The molecule has 4 rings (SSSR count). The van der Waals surface area contributed by atoms with Crippen molar-refractivity contribution >= 4 is 38.8 Å². The first-order valence-electron chi connectivity index (χ1n) is 10.4. The summed E-state index contributed by atoms with van der Waals surface area (Å²) in [6.07, 6.45) is 3.34. The largest absolute Gasteiger partial charge is 0.369 e. The van der Waals surface area contributed by atoms with Crippen molar-refractivity contribution in [3.05, 3.63) is 53.5 Å². The summed E-state index contributed by atoms with van der Waals surface area (Å²) in [5.41, 5.74) is 3.18. The number of anilines is 2. The molecule has 0 bridgehead atoms. The summed E-state index contributed by atoms with van der Waals surface area (Å²) in [5, 5.41) is 4.18. The fourth-order valence-corrected chi connectivity index (χ4v) is 4.64. The van der Waals surface area contributed by atoms with Crippen LogP contribution in [0, 0.1) is 0 Å². The van der Waals surface area contributed by atoms with Gasteiger partial charge in [0.1, 0.15) is 0 Å². The van der Waals surface area contributed by atoms with Crippen molar-refractivity contribution < 1.29 is 4.79 Å². The fourth-order valence-electron chi connectivity index (χ4n) is 3.63. The number of fused-ring (bicyclic) bond motifs is 1. The lowest BCUT2D eigenvalue weighted by Crippen LogP contribution is -2.44. The van der Waals surface area contributed by atoms with Crippen LogP contribution in [0.5, 0.6) is 0 Å². The second kappa shape index (κ2) is 9.37. The number of hydrogen-bond donors (Lipinski definition) is 1. The van der Waals surface area contributed by atoms with E-state index in [1.54, 1.807) is 11.3 Å². The van der Waals surface area contributed by atoms with Gasteiger partial charge in [0, 0.05) is 44.0 Å². The number of unbranched alkanes of at least 4 members (excludes halogenated alkanes) is 1. The Bertz CT molecular complexity index is 912. The summed E-state index contributed by atoms with van der Waals surface area (Å²) in [6, 6.07) is 16.5. The van der Waals surface area contributed by atoms with Gasteiger partial charge in [0.05, 0.1) is 15.2 Å². The molecule has 1 aliphatic heterocycles. The highest BCUT2D eigenvalue weighted by molar-refractivity contribution is 7.18. The van der Waals surface area contributed by atoms with E-state index in [0.717, 1.165) is 61.7 Å². The zero-order valence-electron chi connectivity index (χ0n) is 16.9. The average molecular weight is 409 g/mol. The molecule has 152 valence electrons. The minimum absolute atomic E-state index is 0.0849. The van der Waals surface area contributed by atoms with Gasteiger partial charge in [0.2, 0.25) is 5.91 Å². The maximum Gasteiger partial charge on any atom is 0.224 e. The Morgan fingerprint density at radius 3 is 2.55 bits per heavy atom. The Balaban J connectivity index is 1.19. The van der Waals surface area contributed by atoms with Gasteiger partial charge in [-0.25, -0.2) is 4.98 Å². The zero-order valence-corrected chi connectivity index (χ0v) is 17.8. The molecule has 1 fully saturated rings. The summed E-state index contributed by atoms with van der Waals surface area (Å²) < 4.78 is 1.24. The molecular formula is C23H28N4OS. The molecule has 3 aromatic rings. The summed E-state index contributed by atoms with van der Waals surface area (Å²) in [5.74, 6) is 0.0849. The summed E-state index contributed by atoms with van der Waals surface area (Å²) in [4.78, 5) is 21.7. The van der Waals surface area contributed by atoms with Crippen LogP contribution in [-0.4, -0.2) is 49.0 Å². The van der Waals surface area contributed by atoms with Gasteiger partial charge >= 0.3 is 0 Å². The maximum absolute atomic E-state index is 12.2. The van der Waals surface area contributed by atoms with Crippen molar-refractivity contribution in [1.82, 2.24) is 9.88 Å². The highest BCUT2D eigenvalue weighted by Gasteiger charge is 2.14. The van der Waals surface area contributed by atoms with Crippen LogP contribution in [-0.2, 0) is 11.2 Å². The monoisotopic (exact) mass is 408 g/mol. The molecule has 1 N–H and O–H groups in total. The van der Waals surface area contributed by atoms with Crippen LogP contribution in [0.1, 0.15) is 24.3 Å². The summed E-state index contributed by atoms with van der Waals surface area (Å²) in [7, 11) is 2.16. The van der Waals surface area contributed by atoms with Crippen LogP contribution in [0.2, 0.25) is 0 Å². The maximum atomic E-state index is 12.2. The topological polar surface area (TPSA) is 48.5 Å². The number of likely N-dealkylation sites (N-methyl/N-ethyl adjacent to an activating group) is 1. The standard InChI is InChI=1S/C23H28N4OS/c1-26-14-16-27(17-15-26)19-12-10-18(11-13-19)24-22(28)8-4-5-9-23-25-20-6-2-3-7-21(20)29-23/h2-3,6-7,10-13H,4-5,8-9,14-17H2,1H3,(H,24,28). The first-order valence-corrected chi connectivity index (χ1v) is 11.2. The van der Waals surface area contributed by atoms with Crippen molar-refractivity contribution in [2.75, 3.05) is 43.4 Å². The number of thiazole rings is 1. The van der Waals surface area contributed by atoms with Crippen LogP contribution < -0.4 is 10.2 Å². The highest BCUT2D eigenvalue weighted by Crippen LogP contribution is 2.23. The number of nitrogens with one attached hydrogen (secondary N) is 1. The molecule has 1 aliphatic rings. The third-order valence-corrected chi connectivity index (χ3v) is 6.50. The Labute approximate surface area is 176 Å². The van der Waals surface area contributed by atoms with Crippen LogP contribution in [0.4, 0.5) is 11.4 Å². The average Bonchev–Trinajstić information content (AvgIpc) is 3.15. The Morgan fingerprint density at radius 1 is 1.03 bits per heavy atom. The molecule has 0 unspecified atom stereocenters. The molecular weight excluding hydrogens is 380 g/mol. The number of piperazine rings is 1. The van der Waals surface area contributed by atoms with E-state index in [2.05, 4.69) is 51.4 Å². The molecule has 0 aliphatic carbocycles. The normalized spacial score (nSPS) is 15.0. The predicted molar refractivity (Wildman–Crippen MR) is 122 cm³/mol. The molecule has 0 radical (unpaired) electrons. The number of amides is 1. The highest BCUT2D eigenvalue weighted by atomic mass is 32.1. The van der Waals surface area contributed by atoms with Crippen LogP contribution >= 0.6 is 11.3 Å². The lowest BCUT2D eigenvalue weighted by atomic mass is 10.2. The van der Waals surface area contributed by atoms with Gasteiger partial charge < -0.3 is 15.1 Å². The number of benzene rings is 2. The molecule has 29 heavy (non-hydrogen) atoms. The molecule has 2 heterocycles. The second-order valence-electron chi connectivity index (χ2n) is 7.67. The number of carbonyl (C=O) groups is 1. The third-order valence-electron chi connectivity index (χ3n) is 5.40. The number of aryl methyl sites for hydroxylation is 1. The smallest absolute Gasteiger partial charge is 0.224 e. The van der Waals surface area contributed by atoms with Crippen LogP contribution in [0.15, 0.2) is 48.5 Å². The van der Waals surface area contributed by atoms with Crippen molar-refractivity contribution in [1.29, 1.82) is 0 Å². The predicted octanol–water partition coefficient (Wildman–Crippen LogP) is 4.40. The minimum atomic E-state index is 0.0849. The van der Waals surface area contributed by atoms with Crippen molar-refractivity contribution in [2.45, 2.75) is 25.7 Å². The zero-order chi connectivity index (χ0) is 20.1. The minimum Gasteiger partial charge on any atom is -0.369 e. The van der Waals surface area contributed by atoms with E-state index in [9.17, 15) is 4.79 Å². The molecule has 2 aromatic carbocycles. The van der Waals surface area contributed by atoms with E-state index in [-0.39, 0.29) is 5.91 Å². The van der Waals surface area contributed by atoms with E-state index in [1.807, 2.05) is 24.3 Å². The van der Waals surface area contributed by atoms with E-state index in [4.69, 9.17) is 0 Å². The Morgan fingerprint density at radius 2 is 1.79 bits per heavy atom. The van der Waals surface area contributed by atoms with Crippen LogP contribution in [0.3, 0.4) is 0 Å². The lowest BCUT2D eigenvalue weighted by molar-refractivity contribution is -0.116. The van der Waals surface area contributed by atoms with E-state index < -0.39 is 0 Å². The molecule has 1 saturated heterocycles. The number of carbonyl (C=O) groups excluding carboxylic acids is 1. The second-order valence-corrected chi connectivity index (χ2v) is 8.78. The fraction of sp³-hybridized carbons (Fsp3) is 0.391. The SMILES string of the molecule is CN1CCN(c2ccc(NC(=O)CCCCc3nc4ccccc4s3)cc2)CC1. The quantitative estimate of drug-likeness (QED) is 0.589. The summed E-state index contributed by atoms with van der Waals surface area (Å²) in [6.45, 7) is 4.29. The van der Waals surface area contributed by atoms with E-state index >= 15 is 0 Å².